The van der Waals surface area contributed by atoms with Crippen molar-refractivity contribution in [3.8, 4) is 0 Å². The van der Waals surface area contributed by atoms with Crippen molar-refractivity contribution in [3.63, 3.8) is 0 Å². The minimum Gasteiger partial charge on any atom is -0.748 e. The molecule has 0 bridgehead atoms. The summed E-state index contributed by atoms with van der Waals surface area (Å²) >= 11 is 0. The lowest BCUT2D eigenvalue weighted by molar-refractivity contribution is 0.324. The Labute approximate surface area is 86.0 Å². The summed E-state index contributed by atoms with van der Waals surface area (Å²) in [6.45, 7) is 5.59. The molecule has 0 fully saturated rings. The van der Waals surface area contributed by atoms with Crippen molar-refractivity contribution in [2.45, 2.75) is 44.8 Å². The second-order valence-electron chi connectivity index (χ2n) is 4.43. The SMILES string of the molecule is CC1=CCC(C(C)C)(S(=O)(=O)[O-])CC1. The van der Waals surface area contributed by atoms with Crippen LogP contribution >= 0.6 is 0 Å². The van der Waals surface area contributed by atoms with Crippen LogP contribution in [-0.2, 0) is 10.1 Å². The van der Waals surface area contributed by atoms with Gasteiger partial charge in [0.25, 0.3) is 0 Å². The largest absolute Gasteiger partial charge is 0.748 e. The molecule has 1 aliphatic rings. The predicted octanol–water partition coefficient (Wildman–Crippen LogP) is 2.06. The summed E-state index contributed by atoms with van der Waals surface area (Å²) < 4.78 is 32.8. The van der Waals surface area contributed by atoms with Crippen molar-refractivity contribution < 1.29 is 13.0 Å². The summed E-state index contributed by atoms with van der Waals surface area (Å²) in [5, 5.41) is 0. The molecule has 1 unspecified atom stereocenters. The fourth-order valence-corrected chi connectivity index (χ4v) is 3.22. The van der Waals surface area contributed by atoms with E-state index in [1.165, 1.54) is 5.57 Å². The van der Waals surface area contributed by atoms with E-state index in [0.29, 0.717) is 12.8 Å². The smallest absolute Gasteiger partial charge is 0.101 e. The summed E-state index contributed by atoms with van der Waals surface area (Å²) in [4.78, 5) is 0. The highest BCUT2D eigenvalue weighted by atomic mass is 32.2. The molecule has 0 amide bonds. The third kappa shape index (κ3) is 1.86. The van der Waals surface area contributed by atoms with Gasteiger partial charge >= 0.3 is 0 Å². The molecule has 0 saturated heterocycles. The zero-order valence-electron chi connectivity index (χ0n) is 8.91. The van der Waals surface area contributed by atoms with Crippen LogP contribution in [-0.4, -0.2) is 17.7 Å². The standard InChI is InChI=1S/C10H18O3S/c1-8(2)10(14(11,12)13)6-4-9(3)5-7-10/h4,8H,5-7H2,1-3H3,(H,11,12,13)/p-1. The van der Waals surface area contributed by atoms with Gasteiger partial charge in [-0.3, -0.25) is 0 Å². The monoisotopic (exact) mass is 217 g/mol. The fourth-order valence-electron chi connectivity index (χ4n) is 2.00. The van der Waals surface area contributed by atoms with Crippen LogP contribution in [0.2, 0.25) is 0 Å². The van der Waals surface area contributed by atoms with E-state index in [4.69, 9.17) is 0 Å². The molecule has 0 aliphatic heterocycles. The Morgan fingerprint density at radius 1 is 1.50 bits per heavy atom. The molecule has 1 aliphatic carbocycles. The first-order chi connectivity index (χ1) is 6.29. The van der Waals surface area contributed by atoms with Crippen LogP contribution in [0.3, 0.4) is 0 Å². The maximum atomic E-state index is 11.3. The molecule has 1 rings (SSSR count). The molecule has 14 heavy (non-hydrogen) atoms. The fraction of sp³-hybridized carbons (Fsp3) is 0.800. The summed E-state index contributed by atoms with van der Waals surface area (Å²) in [6.07, 6.45) is 3.46. The third-order valence-corrected chi connectivity index (χ3v) is 5.13. The molecule has 0 saturated carbocycles. The first-order valence-corrected chi connectivity index (χ1v) is 6.31. The lowest BCUT2D eigenvalue weighted by Gasteiger charge is -2.41. The van der Waals surface area contributed by atoms with E-state index >= 15 is 0 Å². The predicted molar refractivity (Wildman–Crippen MR) is 54.9 cm³/mol. The highest BCUT2D eigenvalue weighted by Gasteiger charge is 2.40. The molecular formula is C10H17O3S-. The van der Waals surface area contributed by atoms with E-state index in [1.807, 2.05) is 26.8 Å². The van der Waals surface area contributed by atoms with E-state index in [1.54, 1.807) is 0 Å². The van der Waals surface area contributed by atoms with Gasteiger partial charge in [0.15, 0.2) is 0 Å². The summed E-state index contributed by atoms with van der Waals surface area (Å²) in [5.74, 6) is -0.116. The molecule has 82 valence electrons. The van der Waals surface area contributed by atoms with E-state index in [2.05, 4.69) is 0 Å². The van der Waals surface area contributed by atoms with Crippen molar-refractivity contribution in [3.05, 3.63) is 11.6 Å². The van der Waals surface area contributed by atoms with Crippen molar-refractivity contribution in [2.24, 2.45) is 5.92 Å². The highest BCUT2D eigenvalue weighted by molar-refractivity contribution is 7.87. The number of allylic oxidation sites excluding steroid dienone is 2. The molecule has 0 aromatic heterocycles. The molecule has 0 spiro atoms. The van der Waals surface area contributed by atoms with Crippen LogP contribution in [0.15, 0.2) is 11.6 Å². The van der Waals surface area contributed by atoms with Crippen LogP contribution in [0.25, 0.3) is 0 Å². The van der Waals surface area contributed by atoms with Gasteiger partial charge in [0.05, 0.1) is 4.75 Å². The molecule has 3 nitrogen and oxygen atoms in total. The van der Waals surface area contributed by atoms with Gasteiger partial charge in [-0.25, -0.2) is 8.42 Å². The lowest BCUT2D eigenvalue weighted by Crippen LogP contribution is -2.44. The maximum Gasteiger partial charge on any atom is 0.101 e. The minimum absolute atomic E-state index is 0.116. The Bertz CT molecular complexity index is 340. The highest BCUT2D eigenvalue weighted by Crippen LogP contribution is 2.39. The Morgan fingerprint density at radius 3 is 2.36 bits per heavy atom. The molecule has 1 atom stereocenters. The van der Waals surface area contributed by atoms with Crippen LogP contribution in [0.5, 0.6) is 0 Å². The van der Waals surface area contributed by atoms with Gasteiger partial charge in [0, 0.05) is 0 Å². The van der Waals surface area contributed by atoms with Gasteiger partial charge in [0.1, 0.15) is 10.1 Å². The van der Waals surface area contributed by atoms with E-state index in [9.17, 15) is 13.0 Å². The van der Waals surface area contributed by atoms with Crippen LogP contribution in [0, 0.1) is 5.92 Å². The van der Waals surface area contributed by atoms with E-state index in [0.717, 1.165) is 6.42 Å². The normalized spacial score (nSPS) is 29.1. The molecule has 0 N–H and O–H groups in total. The number of rotatable bonds is 2. The number of hydrogen-bond donors (Lipinski definition) is 0. The van der Waals surface area contributed by atoms with Crippen molar-refractivity contribution >= 4 is 10.1 Å². The second-order valence-corrected chi connectivity index (χ2v) is 6.15. The molecule has 0 radical (unpaired) electrons. The van der Waals surface area contributed by atoms with Crippen molar-refractivity contribution in [1.29, 1.82) is 0 Å². The van der Waals surface area contributed by atoms with Crippen molar-refractivity contribution in [2.75, 3.05) is 0 Å². The lowest BCUT2D eigenvalue weighted by atomic mass is 9.82. The first-order valence-electron chi connectivity index (χ1n) is 4.91. The first kappa shape index (κ1) is 11.7. The van der Waals surface area contributed by atoms with Gasteiger partial charge in [-0.1, -0.05) is 25.5 Å². The summed E-state index contributed by atoms with van der Waals surface area (Å²) in [5.41, 5.74) is 1.19. The quantitative estimate of drug-likeness (QED) is 0.525. The molecular weight excluding hydrogens is 200 g/mol. The van der Waals surface area contributed by atoms with Crippen LogP contribution in [0.1, 0.15) is 40.0 Å². The Kier molecular flexibility index (Phi) is 3.07. The Balaban J connectivity index is 3.10. The van der Waals surface area contributed by atoms with Gasteiger partial charge in [-0.05, 0) is 32.1 Å². The molecule has 0 heterocycles. The van der Waals surface area contributed by atoms with Crippen molar-refractivity contribution in [1.82, 2.24) is 0 Å². The molecule has 4 heteroatoms. The van der Waals surface area contributed by atoms with Crippen LogP contribution in [0.4, 0.5) is 0 Å². The Morgan fingerprint density at radius 2 is 2.07 bits per heavy atom. The van der Waals surface area contributed by atoms with E-state index in [-0.39, 0.29) is 5.92 Å². The molecule has 0 aromatic carbocycles. The Hall–Kier alpha value is -0.350. The summed E-state index contributed by atoms with van der Waals surface area (Å²) in [6, 6.07) is 0. The number of hydrogen-bond acceptors (Lipinski definition) is 3. The van der Waals surface area contributed by atoms with E-state index < -0.39 is 14.9 Å². The molecule has 0 aromatic rings. The topological polar surface area (TPSA) is 57.2 Å². The second kappa shape index (κ2) is 3.66. The van der Waals surface area contributed by atoms with Crippen LogP contribution < -0.4 is 0 Å². The average Bonchev–Trinajstić information content (AvgIpc) is 2.02. The summed E-state index contributed by atoms with van der Waals surface area (Å²) in [7, 11) is -4.20. The van der Waals surface area contributed by atoms with Gasteiger partial charge in [-0.2, -0.15) is 0 Å². The van der Waals surface area contributed by atoms with Gasteiger partial charge < -0.3 is 4.55 Å². The average molecular weight is 217 g/mol. The third-order valence-electron chi connectivity index (χ3n) is 3.29. The minimum atomic E-state index is -4.20. The maximum absolute atomic E-state index is 11.3. The zero-order chi connectivity index (χ0) is 11.0. The van der Waals surface area contributed by atoms with Gasteiger partial charge in [0.2, 0.25) is 0 Å². The zero-order valence-corrected chi connectivity index (χ0v) is 9.73. The van der Waals surface area contributed by atoms with Gasteiger partial charge in [-0.15, -0.1) is 0 Å².